The van der Waals surface area contributed by atoms with E-state index in [0.29, 0.717) is 11.3 Å². The predicted molar refractivity (Wildman–Crippen MR) is 90.0 cm³/mol. The van der Waals surface area contributed by atoms with Gasteiger partial charge in [0.15, 0.2) is 0 Å². The van der Waals surface area contributed by atoms with Gasteiger partial charge in [0, 0.05) is 30.5 Å². The predicted octanol–water partition coefficient (Wildman–Crippen LogP) is 2.67. The van der Waals surface area contributed by atoms with Crippen molar-refractivity contribution in [2.24, 2.45) is 0 Å². The number of anilines is 2. The lowest BCUT2D eigenvalue weighted by Crippen LogP contribution is -2.47. The van der Waals surface area contributed by atoms with Gasteiger partial charge in [-0.2, -0.15) is 0 Å². The lowest BCUT2D eigenvalue weighted by molar-refractivity contribution is 0.0934. The number of benzene rings is 2. The summed E-state index contributed by atoms with van der Waals surface area (Å²) in [4.78, 5) is 14.7. The normalized spacial score (nSPS) is 18.0. The van der Waals surface area contributed by atoms with Crippen molar-refractivity contribution in [1.29, 1.82) is 0 Å². The van der Waals surface area contributed by atoms with E-state index in [-0.39, 0.29) is 11.9 Å². The fourth-order valence-corrected chi connectivity index (χ4v) is 2.94. The number of rotatable bonds is 3. The molecule has 4 heteroatoms. The Morgan fingerprint density at radius 2 is 1.82 bits per heavy atom. The maximum absolute atomic E-state index is 12.4. The molecule has 2 aromatic carbocycles. The molecule has 1 fully saturated rings. The van der Waals surface area contributed by atoms with Crippen LogP contribution in [-0.2, 0) is 0 Å². The first-order valence-corrected chi connectivity index (χ1v) is 7.69. The van der Waals surface area contributed by atoms with Crippen molar-refractivity contribution in [2.45, 2.75) is 18.9 Å². The number of nitrogens with zero attached hydrogens (tertiary/aromatic N) is 1. The summed E-state index contributed by atoms with van der Waals surface area (Å²) < 4.78 is 0. The minimum absolute atomic E-state index is 0.0852. The molecule has 1 aliphatic heterocycles. The maximum Gasteiger partial charge on any atom is 0.253 e. The fraction of sp³-hybridized carbons (Fsp3) is 0.278. The van der Waals surface area contributed by atoms with Gasteiger partial charge in [0.25, 0.3) is 5.91 Å². The van der Waals surface area contributed by atoms with E-state index in [1.807, 2.05) is 30.3 Å². The summed E-state index contributed by atoms with van der Waals surface area (Å²) in [6.45, 7) is 1.87. The zero-order chi connectivity index (χ0) is 15.4. The topological polar surface area (TPSA) is 58.4 Å². The van der Waals surface area contributed by atoms with E-state index in [4.69, 9.17) is 5.73 Å². The van der Waals surface area contributed by atoms with Crippen molar-refractivity contribution in [2.75, 3.05) is 23.7 Å². The maximum atomic E-state index is 12.4. The second-order valence-corrected chi connectivity index (χ2v) is 5.68. The number of carbonyl (C=O) groups excluding carboxylic acids is 1. The van der Waals surface area contributed by atoms with Crippen LogP contribution >= 0.6 is 0 Å². The Kier molecular flexibility index (Phi) is 4.28. The number of amides is 1. The minimum Gasteiger partial charge on any atom is -0.398 e. The van der Waals surface area contributed by atoms with E-state index in [9.17, 15) is 4.79 Å². The molecule has 1 heterocycles. The highest BCUT2D eigenvalue weighted by molar-refractivity contribution is 5.99. The minimum atomic E-state index is -0.0852. The van der Waals surface area contributed by atoms with Crippen LogP contribution in [0.25, 0.3) is 0 Å². The summed E-state index contributed by atoms with van der Waals surface area (Å²) in [6.07, 6.45) is 2.08. The Bertz CT molecular complexity index is 642. The first-order chi connectivity index (χ1) is 10.7. The van der Waals surface area contributed by atoms with E-state index in [2.05, 4.69) is 22.3 Å². The SMILES string of the molecule is Nc1ccccc1C(=O)NC1CCCN(c2ccccc2)C1. The van der Waals surface area contributed by atoms with E-state index < -0.39 is 0 Å². The second-order valence-electron chi connectivity index (χ2n) is 5.68. The summed E-state index contributed by atoms with van der Waals surface area (Å²) >= 11 is 0. The van der Waals surface area contributed by atoms with Gasteiger partial charge < -0.3 is 16.0 Å². The number of hydrogen-bond acceptors (Lipinski definition) is 3. The molecule has 0 spiro atoms. The third kappa shape index (κ3) is 3.22. The van der Waals surface area contributed by atoms with Crippen LogP contribution in [0.15, 0.2) is 54.6 Å². The van der Waals surface area contributed by atoms with Crippen molar-refractivity contribution in [3.8, 4) is 0 Å². The zero-order valence-electron chi connectivity index (χ0n) is 12.5. The van der Waals surface area contributed by atoms with Crippen LogP contribution in [0.1, 0.15) is 23.2 Å². The Balaban J connectivity index is 1.66. The number of hydrogen-bond donors (Lipinski definition) is 2. The zero-order valence-corrected chi connectivity index (χ0v) is 12.5. The molecule has 3 rings (SSSR count). The summed E-state index contributed by atoms with van der Waals surface area (Å²) in [6, 6.07) is 17.7. The first kappa shape index (κ1) is 14.4. The molecule has 114 valence electrons. The number of nitrogens with two attached hydrogens (primary N) is 1. The molecule has 2 aromatic rings. The van der Waals surface area contributed by atoms with Gasteiger partial charge in [-0.3, -0.25) is 4.79 Å². The quantitative estimate of drug-likeness (QED) is 0.856. The molecule has 4 nitrogen and oxygen atoms in total. The van der Waals surface area contributed by atoms with Crippen LogP contribution in [-0.4, -0.2) is 25.0 Å². The van der Waals surface area contributed by atoms with E-state index in [1.54, 1.807) is 12.1 Å². The average molecular weight is 295 g/mol. The van der Waals surface area contributed by atoms with Gasteiger partial charge in [-0.1, -0.05) is 30.3 Å². The van der Waals surface area contributed by atoms with Crippen LogP contribution in [0.4, 0.5) is 11.4 Å². The summed E-state index contributed by atoms with van der Waals surface area (Å²) in [5.41, 5.74) is 8.16. The second kappa shape index (κ2) is 6.52. The van der Waals surface area contributed by atoms with E-state index in [0.717, 1.165) is 25.9 Å². The molecule has 0 bridgehead atoms. The molecule has 1 atom stereocenters. The molecule has 0 aliphatic carbocycles. The number of piperidine rings is 1. The average Bonchev–Trinajstić information content (AvgIpc) is 2.56. The Morgan fingerprint density at radius 3 is 2.59 bits per heavy atom. The molecule has 1 saturated heterocycles. The van der Waals surface area contributed by atoms with Crippen LogP contribution in [0, 0.1) is 0 Å². The third-order valence-electron chi connectivity index (χ3n) is 4.08. The molecule has 0 radical (unpaired) electrons. The van der Waals surface area contributed by atoms with Gasteiger partial charge in [-0.25, -0.2) is 0 Å². The van der Waals surface area contributed by atoms with Gasteiger partial charge in [0.1, 0.15) is 0 Å². The van der Waals surface area contributed by atoms with E-state index >= 15 is 0 Å². The standard InChI is InChI=1S/C18H21N3O/c19-17-11-5-4-10-16(17)18(22)20-14-7-6-12-21(13-14)15-8-2-1-3-9-15/h1-5,8-11,14H,6-7,12-13,19H2,(H,20,22). The first-order valence-electron chi connectivity index (χ1n) is 7.69. The lowest BCUT2D eigenvalue weighted by Gasteiger charge is -2.34. The van der Waals surface area contributed by atoms with Crippen molar-refractivity contribution < 1.29 is 4.79 Å². The smallest absolute Gasteiger partial charge is 0.253 e. The molecule has 1 amide bonds. The van der Waals surface area contributed by atoms with Gasteiger partial charge in [-0.15, -0.1) is 0 Å². The van der Waals surface area contributed by atoms with Gasteiger partial charge >= 0.3 is 0 Å². The molecule has 22 heavy (non-hydrogen) atoms. The summed E-state index contributed by atoms with van der Waals surface area (Å²) in [5.74, 6) is -0.0852. The molecule has 3 N–H and O–H groups in total. The molecule has 0 aromatic heterocycles. The molecule has 0 saturated carbocycles. The largest absolute Gasteiger partial charge is 0.398 e. The molecular weight excluding hydrogens is 274 g/mol. The molecule has 1 aliphatic rings. The highest BCUT2D eigenvalue weighted by Gasteiger charge is 2.22. The van der Waals surface area contributed by atoms with Gasteiger partial charge in [-0.05, 0) is 37.1 Å². The van der Waals surface area contributed by atoms with Crippen molar-refractivity contribution in [1.82, 2.24) is 5.32 Å². The van der Waals surface area contributed by atoms with Crippen molar-refractivity contribution in [3.05, 3.63) is 60.2 Å². The number of para-hydroxylation sites is 2. The monoisotopic (exact) mass is 295 g/mol. The molecule has 1 unspecified atom stereocenters. The third-order valence-corrected chi connectivity index (χ3v) is 4.08. The summed E-state index contributed by atoms with van der Waals surface area (Å²) in [7, 11) is 0. The van der Waals surface area contributed by atoms with Crippen LogP contribution < -0.4 is 16.0 Å². The van der Waals surface area contributed by atoms with Crippen LogP contribution in [0.5, 0.6) is 0 Å². The lowest BCUT2D eigenvalue weighted by atomic mass is 10.0. The Labute approximate surface area is 130 Å². The highest BCUT2D eigenvalue weighted by atomic mass is 16.1. The van der Waals surface area contributed by atoms with Crippen LogP contribution in [0.2, 0.25) is 0 Å². The van der Waals surface area contributed by atoms with Gasteiger partial charge in [0.2, 0.25) is 0 Å². The van der Waals surface area contributed by atoms with E-state index in [1.165, 1.54) is 5.69 Å². The van der Waals surface area contributed by atoms with Crippen molar-refractivity contribution in [3.63, 3.8) is 0 Å². The highest BCUT2D eigenvalue weighted by Crippen LogP contribution is 2.20. The molecular formula is C18H21N3O. The number of nitrogens with one attached hydrogen (secondary N) is 1. The number of carbonyl (C=O) groups is 1. The van der Waals surface area contributed by atoms with Crippen LogP contribution in [0.3, 0.4) is 0 Å². The van der Waals surface area contributed by atoms with Gasteiger partial charge in [0.05, 0.1) is 5.56 Å². The number of nitrogen functional groups attached to an aromatic ring is 1. The summed E-state index contributed by atoms with van der Waals surface area (Å²) in [5, 5.41) is 3.12. The van der Waals surface area contributed by atoms with Crippen molar-refractivity contribution >= 4 is 17.3 Å². The Morgan fingerprint density at radius 1 is 1.09 bits per heavy atom. The Hall–Kier alpha value is -2.49. The fourth-order valence-electron chi connectivity index (χ4n) is 2.94.